The number of benzene rings is 2. The molecule has 0 unspecified atom stereocenters. The molecule has 2 N–H and O–H groups in total. The van der Waals surface area contributed by atoms with Gasteiger partial charge in [0.15, 0.2) is 5.69 Å². The Kier molecular flexibility index (Phi) is 5.03. The molecule has 0 aliphatic carbocycles. The van der Waals surface area contributed by atoms with Crippen LogP contribution in [0.4, 0.5) is 5.69 Å². The summed E-state index contributed by atoms with van der Waals surface area (Å²) in [6, 6.07) is 12.5. The molecule has 0 saturated carbocycles. The second-order valence-electron chi connectivity index (χ2n) is 6.42. The normalized spacial score (nSPS) is 10.6. The number of aromatic nitrogens is 2. The highest BCUT2D eigenvalue weighted by Crippen LogP contribution is 2.19. The first-order valence-electron chi connectivity index (χ1n) is 8.47. The molecule has 0 aliphatic rings. The van der Waals surface area contributed by atoms with Crippen molar-refractivity contribution in [3.63, 3.8) is 0 Å². The number of carbonyl (C=O) groups is 2. The summed E-state index contributed by atoms with van der Waals surface area (Å²) in [6.45, 7) is 3.68. The van der Waals surface area contributed by atoms with Crippen LogP contribution in [0.25, 0.3) is 10.8 Å². The molecular formula is C20H20N4O3. The molecule has 0 aliphatic heterocycles. The van der Waals surface area contributed by atoms with Crippen molar-refractivity contribution in [1.82, 2.24) is 15.1 Å². The van der Waals surface area contributed by atoms with Crippen LogP contribution >= 0.6 is 0 Å². The number of fused-ring (bicyclic) bond motifs is 1. The summed E-state index contributed by atoms with van der Waals surface area (Å²) >= 11 is 0. The molecule has 138 valence electrons. The molecule has 0 fully saturated rings. The highest BCUT2D eigenvalue weighted by atomic mass is 16.2. The van der Waals surface area contributed by atoms with Gasteiger partial charge in [-0.3, -0.25) is 14.4 Å². The number of amides is 2. The molecule has 3 rings (SSSR count). The van der Waals surface area contributed by atoms with Gasteiger partial charge in [-0.25, -0.2) is 5.10 Å². The maximum atomic E-state index is 12.8. The second-order valence-corrected chi connectivity index (χ2v) is 6.42. The number of nitrogens with zero attached hydrogens (tertiary/aromatic N) is 2. The van der Waals surface area contributed by atoms with E-state index in [1.165, 1.54) is 11.9 Å². The monoisotopic (exact) mass is 364 g/mol. The van der Waals surface area contributed by atoms with Gasteiger partial charge in [-0.05, 0) is 31.0 Å². The van der Waals surface area contributed by atoms with E-state index in [1.54, 1.807) is 24.3 Å². The average Bonchev–Trinajstić information content (AvgIpc) is 2.65. The fourth-order valence-electron chi connectivity index (χ4n) is 2.94. The number of likely N-dealkylation sites (N-methyl/N-ethyl adjacent to an activating group) is 1. The second kappa shape index (κ2) is 7.41. The van der Waals surface area contributed by atoms with E-state index in [9.17, 15) is 14.4 Å². The van der Waals surface area contributed by atoms with Gasteiger partial charge in [0.05, 0.1) is 11.9 Å². The van der Waals surface area contributed by atoms with Gasteiger partial charge < -0.3 is 10.2 Å². The van der Waals surface area contributed by atoms with Crippen LogP contribution in [0.2, 0.25) is 0 Å². The Morgan fingerprint density at radius 1 is 1.04 bits per heavy atom. The molecule has 2 amide bonds. The van der Waals surface area contributed by atoms with Crippen LogP contribution in [0, 0.1) is 13.8 Å². The van der Waals surface area contributed by atoms with Crippen molar-refractivity contribution < 1.29 is 9.59 Å². The standard InChI is InChI=1S/C20H20N4O3/c1-12-7-6-8-13(2)17(12)21-16(25)11-24(3)20(27)18-14-9-4-5-10-15(14)19(26)23-22-18/h4-10H,11H2,1-3H3,(H,21,25)(H,23,26). The van der Waals surface area contributed by atoms with Crippen molar-refractivity contribution in [3.8, 4) is 0 Å². The molecule has 27 heavy (non-hydrogen) atoms. The van der Waals surface area contributed by atoms with Crippen LogP contribution in [0.15, 0.2) is 47.3 Å². The number of carbonyl (C=O) groups excluding carboxylic acids is 2. The molecule has 7 heteroatoms. The number of aryl methyl sites for hydroxylation is 2. The van der Waals surface area contributed by atoms with E-state index in [2.05, 4.69) is 15.5 Å². The van der Waals surface area contributed by atoms with E-state index in [1.807, 2.05) is 32.0 Å². The number of H-pyrrole nitrogens is 1. The number of para-hydroxylation sites is 1. The first-order chi connectivity index (χ1) is 12.9. The molecule has 3 aromatic rings. The molecule has 0 spiro atoms. The van der Waals surface area contributed by atoms with Crippen LogP contribution < -0.4 is 10.9 Å². The van der Waals surface area contributed by atoms with E-state index in [4.69, 9.17) is 0 Å². The maximum Gasteiger partial charge on any atom is 0.275 e. The third kappa shape index (κ3) is 3.72. The minimum Gasteiger partial charge on any atom is -0.331 e. The van der Waals surface area contributed by atoms with E-state index in [0.29, 0.717) is 10.8 Å². The van der Waals surface area contributed by atoms with E-state index in [0.717, 1.165) is 16.8 Å². The topological polar surface area (TPSA) is 95.2 Å². The molecule has 0 atom stereocenters. The fourth-order valence-corrected chi connectivity index (χ4v) is 2.94. The van der Waals surface area contributed by atoms with E-state index < -0.39 is 5.91 Å². The average molecular weight is 364 g/mol. The predicted octanol–water partition coefficient (Wildman–Crippen LogP) is 2.25. The summed E-state index contributed by atoms with van der Waals surface area (Å²) in [5, 5.41) is 9.90. The smallest absolute Gasteiger partial charge is 0.275 e. The summed E-state index contributed by atoms with van der Waals surface area (Å²) in [6.07, 6.45) is 0. The highest BCUT2D eigenvalue weighted by molar-refractivity contribution is 6.06. The zero-order valence-corrected chi connectivity index (χ0v) is 15.4. The first-order valence-corrected chi connectivity index (χ1v) is 8.47. The van der Waals surface area contributed by atoms with Crippen LogP contribution in [0.1, 0.15) is 21.6 Å². The van der Waals surface area contributed by atoms with Gasteiger partial charge in [0, 0.05) is 18.1 Å². The molecule has 0 saturated heterocycles. The summed E-state index contributed by atoms with van der Waals surface area (Å²) in [7, 11) is 1.52. The van der Waals surface area contributed by atoms with Crippen molar-refractivity contribution in [2.24, 2.45) is 0 Å². The lowest BCUT2D eigenvalue weighted by molar-refractivity contribution is -0.116. The van der Waals surface area contributed by atoms with Gasteiger partial charge in [-0.2, -0.15) is 5.10 Å². The molecule has 1 aromatic heterocycles. The Morgan fingerprint density at radius 3 is 2.33 bits per heavy atom. The number of rotatable bonds is 4. The number of aromatic amines is 1. The van der Waals surface area contributed by atoms with E-state index >= 15 is 0 Å². The third-order valence-electron chi connectivity index (χ3n) is 4.37. The third-order valence-corrected chi connectivity index (χ3v) is 4.37. The Hall–Kier alpha value is -3.48. The number of nitrogens with one attached hydrogen (secondary N) is 2. The zero-order chi connectivity index (χ0) is 19.6. The van der Waals surface area contributed by atoms with Gasteiger partial charge in [0.25, 0.3) is 11.5 Å². The van der Waals surface area contributed by atoms with Crippen LogP contribution in [-0.4, -0.2) is 40.5 Å². The molecule has 2 aromatic carbocycles. The maximum absolute atomic E-state index is 12.8. The van der Waals surface area contributed by atoms with Crippen molar-refractivity contribution >= 4 is 28.3 Å². The molecule has 1 heterocycles. The van der Waals surface area contributed by atoms with Gasteiger partial charge in [-0.1, -0.05) is 36.4 Å². The Labute approximate surface area is 156 Å². The lowest BCUT2D eigenvalue weighted by atomic mass is 10.1. The van der Waals surface area contributed by atoms with Crippen molar-refractivity contribution in [2.45, 2.75) is 13.8 Å². The van der Waals surface area contributed by atoms with Crippen LogP contribution in [0.5, 0.6) is 0 Å². The van der Waals surface area contributed by atoms with E-state index in [-0.39, 0.29) is 23.7 Å². The lowest BCUT2D eigenvalue weighted by Gasteiger charge is -2.18. The highest BCUT2D eigenvalue weighted by Gasteiger charge is 2.20. The van der Waals surface area contributed by atoms with Gasteiger partial charge >= 0.3 is 0 Å². The molecule has 0 radical (unpaired) electrons. The largest absolute Gasteiger partial charge is 0.331 e. The van der Waals surface area contributed by atoms with Gasteiger partial charge in [-0.15, -0.1) is 0 Å². The first kappa shape index (κ1) is 18.3. The predicted molar refractivity (Wildman–Crippen MR) is 104 cm³/mol. The minimum atomic E-state index is -0.445. The summed E-state index contributed by atoms with van der Waals surface area (Å²) in [4.78, 5) is 38.3. The van der Waals surface area contributed by atoms with Gasteiger partial charge in [0.2, 0.25) is 5.91 Å². The van der Waals surface area contributed by atoms with Crippen molar-refractivity contribution in [2.75, 3.05) is 18.9 Å². The number of hydrogen-bond acceptors (Lipinski definition) is 4. The zero-order valence-electron chi connectivity index (χ0n) is 15.4. The minimum absolute atomic E-state index is 0.104. The van der Waals surface area contributed by atoms with Crippen molar-refractivity contribution in [3.05, 3.63) is 69.6 Å². The summed E-state index contributed by atoms with van der Waals surface area (Å²) < 4.78 is 0. The Morgan fingerprint density at radius 2 is 1.67 bits per heavy atom. The van der Waals surface area contributed by atoms with Crippen LogP contribution in [-0.2, 0) is 4.79 Å². The number of hydrogen-bond donors (Lipinski definition) is 2. The van der Waals surface area contributed by atoms with Gasteiger partial charge in [0.1, 0.15) is 0 Å². The SMILES string of the molecule is Cc1cccc(C)c1NC(=O)CN(C)C(=O)c1n[nH]c(=O)c2ccccc12. The quantitative estimate of drug-likeness (QED) is 0.742. The number of anilines is 1. The Balaban J connectivity index is 1.80. The summed E-state index contributed by atoms with van der Waals surface area (Å²) in [5.41, 5.74) is 2.39. The molecular weight excluding hydrogens is 344 g/mol. The molecule has 7 nitrogen and oxygen atoms in total. The molecule has 0 bridgehead atoms. The summed E-state index contributed by atoms with van der Waals surface area (Å²) in [5.74, 6) is -0.754. The van der Waals surface area contributed by atoms with Crippen LogP contribution in [0.3, 0.4) is 0 Å². The van der Waals surface area contributed by atoms with Crippen molar-refractivity contribution in [1.29, 1.82) is 0 Å². The lowest BCUT2D eigenvalue weighted by Crippen LogP contribution is -2.36. The fraction of sp³-hybridized carbons (Fsp3) is 0.200. The Bertz CT molecular complexity index is 1070.